The Morgan fingerprint density at radius 2 is 1.59 bits per heavy atom. The van der Waals surface area contributed by atoms with E-state index in [1.54, 1.807) is 0 Å². The third kappa shape index (κ3) is 9.60. The second-order valence-electron chi connectivity index (χ2n) is 9.57. The van der Waals surface area contributed by atoms with Gasteiger partial charge in [-0.15, -0.1) is 0 Å². The zero-order chi connectivity index (χ0) is 27.4. The summed E-state index contributed by atoms with van der Waals surface area (Å²) in [5.74, 6) is -0.831. The molecule has 0 fully saturated rings. The molecule has 3 amide bonds. The van der Waals surface area contributed by atoms with Crippen LogP contribution in [0.1, 0.15) is 49.3 Å². The number of amides is 3. The third-order valence-corrected chi connectivity index (χ3v) is 6.24. The van der Waals surface area contributed by atoms with Crippen LogP contribution in [0.2, 0.25) is 0 Å². The molecule has 0 radical (unpaired) electrons. The van der Waals surface area contributed by atoms with Crippen LogP contribution in [0, 0.1) is 6.92 Å². The quantitative estimate of drug-likeness (QED) is 0.260. The van der Waals surface area contributed by atoms with Crippen LogP contribution in [0.3, 0.4) is 0 Å². The van der Waals surface area contributed by atoms with Crippen LogP contribution in [0.5, 0.6) is 0 Å². The number of anilines is 1. The van der Waals surface area contributed by atoms with E-state index in [0.717, 1.165) is 11.1 Å². The maximum atomic E-state index is 13.3. The van der Waals surface area contributed by atoms with E-state index in [9.17, 15) is 14.4 Å². The minimum absolute atomic E-state index is 0.200. The van der Waals surface area contributed by atoms with Crippen LogP contribution >= 0.6 is 0 Å². The van der Waals surface area contributed by atoms with Gasteiger partial charge in [0, 0.05) is 31.9 Å². The second-order valence-corrected chi connectivity index (χ2v) is 9.57. The topological polar surface area (TPSA) is 157 Å². The molecule has 8 N–H and O–H groups in total. The molecule has 2 aromatic rings. The molecular formula is C28H42N6O3. The molecule has 0 aliphatic rings. The average Bonchev–Trinajstić information content (AvgIpc) is 2.86. The maximum Gasteiger partial charge on any atom is 0.246 e. The predicted octanol–water partition coefficient (Wildman–Crippen LogP) is 1.64. The first kappa shape index (κ1) is 30.0. The van der Waals surface area contributed by atoms with Gasteiger partial charge in [-0.25, -0.2) is 0 Å². The van der Waals surface area contributed by atoms with E-state index in [4.69, 9.17) is 17.2 Å². The Labute approximate surface area is 220 Å². The molecule has 2 atom stereocenters. The highest BCUT2D eigenvalue weighted by Gasteiger charge is 2.26. The number of hydrogen-bond donors (Lipinski definition) is 5. The highest BCUT2D eigenvalue weighted by Crippen LogP contribution is 2.22. The van der Waals surface area contributed by atoms with E-state index < -0.39 is 18.0 Å². The van der Waals surface area contributed by atoms with Crippen molar-refractivity contribution in [1.29, 1.82) is 0 Å². The fraction of sp³-hybridized carbons (Fsp3) is 0.464. The lowest BCUT2D eigenvalue weighted by atomic mass is 9.97. The lowest BCUT2D eigenvalue weighted by Gasteiger charge is -2.24. The normalized spacial score (nSPS) is 12.6. The van der Waals surface area contributed by atoms with Gasteiger partial charge in [0.1, 0.15) is 6.04 Å². The summed E-state index contributed by atoms with van der Waals surface area (Å²) >= 11 is 0. The van der Waals surface area contributed by atoms with Gasteiger partial charge in [0.05, 0.1) is 12.5 Å². The Morgan fingerprint density at radius 1 is 0.946 bits per heavy atom. The summed E-state index contributed by atoms with van der Waals surface area (Å²) in [6.45, 7) is 7.49. The van der Waals surface area contributed by atoms with Crippen LogP contribution in [-0.4, -0.2) is 60.9 Å². The monoisotopic (exact) mass is 510 g/mol. The van der Waals surface area contributed by atoms with Gasteiger partial charge < -0.3 is 32.7 Å². The van der Waals surface area contributed by atoms with Gasteiger partial charge in [0.25, 0.3) is 0 Å². The van der Waals surface area contributed by atoms with Gasteiger partial charge >= 0.3 is 0 Å². The zero-order valence-electron chi connectivity index (χ0n) is 22.2. The third-order valence-electron chi connectivity index (χ3n) is 6.24. The maximum absolute atomic E-state index is 13.3. The number of nitrogens with two attached hydrogens (primary N) is 3. The molecule has 2 aromatic carbocycles. The minimum Gasteiger partial charge on any atom is -0.343 e. The van der Waals surface area contributed by atoms with Crippen molar-refractivity contribution in [2.45, 2.75) is 58.0 Å². The molecule has 0 aliphatic carbocycles. The molecule has 0 unspecified atom stereocenters. The molecule has 2 rings (SSSR count). The van der Waals surface area contributed by atoms with Crippen molar-refractivity contribution in [3.8, 4) is 0 Å². The van der Waals surface area contributed by atoms with Gasteiger partial charge in [-0.1, -0.05) is 50.2 Å². The SMILES string of the molecule is Cc1cc(NC(=O)[C@H](CCc2ccccc2)NC(=O)[C@@H](N)CC(=O)N(CCN)CCN)ccc1C(C)C. The van der Waals surface area contributed by atoms with Crippen LogP contribution in [0.15, 0.2) is 48.5 Å². The minimum atomic E-state index is -1.11. The van der Waals surface area contributed by atoms with Gasteiger partial charge in [-0.05, 0) is 54.5 Å². The van der Waals surface area contributed by atoms with Crippen molar-refractivity contribution in [1.82, 2.24) is 10.2 Å². The lowest BCUT2D eigenvalue weighted by molar-refractivity contribution is -0.134. The lowest BCUT2D eigenvalue weighted by Crippen LogP contribution is -2.52. The van der Waals surface area contributed by atoms with Gasteiger partial charge in [0.15, 0.2) is 0 Å². The first-order valence-corrected chi connectivity index (χ1v) is 12.8. The molecule has 0 heterocycles. The molecule has 0 saturated carbocycles. The number of hydrogen-bond acceptors (Lipinski definition) is 6. The molecule has 0 aromatic heterocycles. The van der Waals surface area contributed by atoms with E-state index in [1.165, 1.54) is 10.5 Å². The van der Waals surface area contributed by atoms with E-state index in [0.29, 0.717) is 37.5 Å². The molecule has 0 spiro atoms. The molecule has 202 valence electrons. The van der Waals surface area contributed by atoms with Crippen molar-refractivity contribution < 1.29 is 14.4 Å². The Bertz CT molecular complexity index is 1020. The molecule has 9 nitrogen and oxygen atoms in total. The molecule has 9 heteroatoms. The number of nitrogens with one attached hydrogen (secondary N) is 2. The summed E-state index contributed by atoms with van der Waals surface area (Å²) in [4.78, 5) is 40.3. The van der Waals surface area contributed by atoms with Crippen molar-refractivity contribution in [3.63, 3.8) is 0 Å². The molecular weight excluding hydrogens is 468 g/mol. The first-order valence-electron chi connectivity index (χ1n) is 12.8. The van der Waals surface area contributed by atoms with E-state index in [1.807, 2.05) is 55.5 Å². The predicted molar refractivity (Wildman–Crippen MR) is 148 cm³/mol. The van der Waals surface area contributed by atoms with Gasteiger partial charge in [-0.2, -0.15) is 0 Å². The highest BCUT2D eigenvalue weighted by molar-refractivity contribution is 5.98. The van der Waals surface area contributed by atoms with Gasteiger partial charge in [-0.3, -0.25) is 14.4 Å². The van der Waals surface area contributed by atoms with E-state index in [2.05, 4.69) is 24.5 Å². The second kappa shape index (κ2) is 15.1. The standard InChI is InChI=1S/C28H42N6O3/c1-19(2)23-11-10-22(17-20(23)3)32-28(37)25(12-9-21-7-5-4-6-8-21)33-27(36)24(31)18-26(35)34(15-13-29)16-14-30/h4-8,10-11,17,19,24-25H,9,12-16,18,29-31H2,1-3H3,(H,32,37)(H,33,36)/t24-,25-/m0/s1. The summed E-state index contributed by atoms with van der Waals surface area (Å²) in [6.07, 6.45) is 0.756. The Hall–Kier alpha value is -3.27. The number of rotatable bonds is 14. The van der Waals surface area contributed by atoms with Crippen molar-refractivity contribution in [2.75, 3.05) is 31.5 Å². The summed E-state index contributed by atoms with van der Waals surface area (Å²) in [7, 11) is 0. The molecule has 37 heavy (non-hydrogen) atoms. The largest absolute Gasteiger partial charge is 0.343 e. The first-order chi connectivity index (χ1) is 17.7. The summed E-state index contributed by atoms with van der Waals surface area (Å²) < 4.78 is 0. The Balaban J connectivity index is 2.12. The zero-order valence-corrected chi connectivity index (χ0v) is 22.2. The van der Waals surface area contributed by atoms with Crippen LogP contribution in [-0.2, 0) is 20.8 Å². The summed E-state index contributed by atoms with van der Waals surface area (Å²) in [5.41, 5.74) is 21.2. The highest BCUT2D eigenvalue weighted by atomic mass is 16.2. The number of nitrogens with zero attached hydrogens (tertiary/aromatic N) is 1. The average molecular weight is 511 g/mol. The number of benzene rings is 2. The summed E-state index contributed by atoms with van der Waals surface area (Å²) in [6, 6.07) is 13.6. The molecule has 0 bridgehead atoms. The van der Waals surface area contributed by atoms with Crippen molar-refractivity contribution in [2.24, 2.45) is 17.2 Å². The smallest absolute Gasteiger partial charge is 0.246 e. The number of carbonyl (C=O) groups excluding carboxylic acids is 3. The number of carbonyl (C=O) groups is 3. The van der Waals surface area contributed by atoms with E-state index in [-0.39, 0.29) is 31.3 Å². The number of aryl methyl sites for hydroxylation is 2. The fourth-order valence-electron chi connectivity index (χ4n) is 4.22. The van der Waals surface area contributed by atoms with Crippen LogP contribution in [0.4, 0.5) is 5.69 Å². The van der Waals surface area contributed by atoms with Crippen LogP contribution in [0.25, 0.3) is 0 Å². The molecule has 0 aliphatic heterocycles. The Kier molecular flexibility index (Phi) is 12.2. The van der Waals surface area contributed by atoms with Crippen molar-refractivity contribution in [3.05, 3.63) is 65.2 Å². The fourth-order valence-corrected chi connectivity index (χ4v) is 4.22. The summed E-state index contributed by atoms with van der Waals surface area (Å²) in [5, 5.41) is 5.69. The van der Waals surface area contributed by atoms with Crippen LogP contribution < -0.4 is 27.8 Å². The Morgan fingerprint density at radius 3 is 2.16 bits per heavy atom. The molecule has 0 saturated heterocycles. The van der Waals surface area contributed by atoms with Crippen molar-refractivity contribution >= 4 is 23.4 Å². The van der Waals surface area contributed by atoms with E-state index >= 15 is 0 Å². The van der Waals surface area contributed by atoms with Gasteiger partial charge in [0.2, 0.25) is 17.7 Å².